The second kappa shape index (κ2) is 8.35. The van der Waals surface area contributed by atoms with Crippen molar-refractivity contribution >= 4 is 15.2 Å². The maximum absolute atomic E-state index is 11.4. The van der Waals surface area contributed by atoms with E-state index in [1.165, 1.54) is 0 Å². The molecule has 0 aromatic rings. The van der Waals surface area contributed by atoms with Gasteiger partial charge in [-0.1, -0.05) is 33.3 Å². The molecule has 0 saturated heterocycles. The Labute approximate surface area is 184 Å². The molecule has 7 nitrogen and oxygen atoms in total. The number of aliphatic hydroxyl groups is 1. The minimum Gasteiger partial charge on any atom is -1.00 e. The monoisotopic (exact) mass is 390 g/mol. The van der Waals surface area contributed by atoms with Crippen LogP contribution in [-0.4, -0.2) is 29.8 Å². The Bertz CT molecular complexity index is 518. The molecule has 1 aliphatic rings. The van der Waals surface area contributed by atoms with Crippen LogP contribution in [0.15, 0.2) is 11.6 Å². The summed E-state index contributed by atoms with van der Waals surface area (Å²) < 4.78 is 22.8. The van der Waals surface area contributed by atoms with Crippen LogP contribution in [0.3, 0.4) is 0 Å². The summed E-state index contributed by atoms with van der Waals surface area (Å²) in [6, 6.07) is 0. The fourth-order valence-electron chi connectivity index (χ4n) is 3.43. The summed E-state index contributed by atoms with van der Waals surface area (Å²) in [7, 11) is -10.9. The number of hydrogen-bond donors (Lipinski definition) is 5. The third-order valence-corrected chi connectivity index (χ3v) is 7.16. The molecule has 1 aliphatic carbocycles. The molecule has 1 rings (SSSR count). The Morgan fingerprint density at radius 1 is 0.957 bits per heavy atom. The fraction of sp³-hybridized carbons (Fsp3) is 0.833. The van der Waals surface area contributed by atoms with Crippen molar-refractivity contribution in [1.82, 2.24) is 0 Å². The topological polar surface area (TPSA) is 135 Å². The van der Waals surface area contributed by atoms with Gasteiger partial charge in [-0.15, -0.1) is 0 Å². The smallest absolute Gasteiger partial charge is 1.00 e. The largest absolute Gasteiger partial charge is 1.00 e. The maximum atomic E-state index is 11.4. The molecule has 0 aromatic carbocycles. The quantitative estimate of drug-likeness (QED) is 0.191. The molecule has 5 N–H and O–H groups in total. The standard InChI is InChI=1S/C12H24O7P2.2Na.2H/c1-10(2)5-9(6-11(3,4)8-10)7-12(13,20(14,15)16)21(17,18)19;;;;/h7,13H,5-6,8H2,1-4H3,(H2,14,15,16)(H2,17,18,19);;;;/q;2*+1;2*-1. The summed E-state index contributed by atoms with van der Waals surface area (Å²) in [6.07, 6.45) is 2.39. The summed E-state index contributed by atoms with van der Waals surface area (Å²) in [5.74, 6) is 0. The van der Waals surface area contributed by atoms with Crippen molar-refractivity contribution in [2.75, 3.05) is 0 Å². The molecule has 0 bridgehead atoms. The van der Waals surface area contributed by atoms with E-state index in [2.05, 4.69) is 0 Å². The molecule has 0 spiro atoms. The first-order valence-corrected chi connectivity index (χ1v) is 9.76. The van der Waals surface area contributed by atoms with Crippen LogP contribution in [0, 0.1) is 10.8 Å². The average molecular weight is 390 g/mol. The Hall–Kier alpha value is 2.00. The van der Waals surface area contributed by atoms with E-state index in [-0.39, 0.29) is 72.8 Å². The van der Waals surface area contributed by atoms with Gasteiger partial charge in [-0.05, 0) is 36.2 Å². The zero-order chi connectivity index (χ0) is 16.9. The number of rotatable bonds is 3. The van der Waals surface area contributed by atoms with E-state index < -0.39 is 20.3 Å². The van der Waals surface area contributed by atoms with Gasteiger partial charge in [0.1, 0.15) is 0 Å². The third-order valence-electron chi connectivity index (χ3n) is 3.62. The van der Waals surface area contributed by atoms with E-state index in [0.29, 0.717) is 24.5 Å². The molecule has 128 valence electrons. The van der Waals surface area contributed by atoms with Gasteiger partial charge in [0.2, 0.25) is 0 Å². The molecule has 0 unspecified atom stereocenters. The van der Waals surface area contributed by atoms with Gasteiger partial charge in [-0.2, -0.15) is 0 Å². The van der Waals surface area contributed by atoms with Gasteiger partial charge in [-0.3, -0.25) is 9.13 Å². The van der Waals surface area contributed by atoms with E-state index in [4.69, 9.17) is 0 Å². The zero-order valence-corrected chi connectivity index (χ0v) is 20.4. The van der Waals surface area contributed by atoms with Crippen molar-refractivity contribution in [1.29, 1.82) is 0 Å². The molecule has 1 saturated carbocycles. The van der Waals surface area contributed by atoms with E-state index in [9.17, 15) is 33.8 Å². The maximum Gasteiger partial charge on any atom is 1.00 e. The average Bonchev–Trinajstić information content (AvgIpc) is 2.07. The Balaban J connectivity index is -0.000000551. The molecule has 11 heteroatoms. The molecule has 1 fully saturated rings. The van der Waals surface area contributed by atoms with Gasteiger partial charge in [0.25, 0.3) is 5.08 Å². The van der Waals surface area contributed by atoms with Crippen molar-refractivity contribution in [2.24, 2.45) is 10.8 Å². The summed E-state index contributed by atoms with van der Waals surface area (Å²) in [5, 5.41) is 6.51. The summed E-state index contributed by atoms with van der Waals surface area (Å²) in [5.41, 5.74) is 0.0849. The van der Waals surface area contributed by atoms with Crippen LogP contribution in [0.4, 0.5) is 0 Å². The van der Waals surface area contributed by atoms with Gasteiger partial charge in [0.05, 0.1) is 0 Å². The van der Waals surface area contributed by atoms with Gasteiger partial charge >= 0.3 is 74.3 Å². The Kier molecular flexibility index (Phi) is 9.88. The molecule has 0 atom stereocenters. The van der Waals surface area contributed by atoms with Crippen LogP contribution in [-0.2, 0) is 9.13 Å². The van der Waals surface area contributed by atoms with Crippen molar-refractivity contribution in [3.8, 4) is 0 Å². The van der Waals surface area contributed by atoms with E-state index in [0.717, 1.165) is 6.42 Å². The van der Waals surface area contributed by atoms with Crippen LogP contribution in [0.25, 0.3) is 0 Å². The van der Waals surface area contributed by atoms with Crippen LogP contribution in [0.2, 0.25) is 0 Å². The van der Waals surface area contributed by atoms with Gasteiger partial charge in [0, 0.05) is 0 Å². The Morgan fingerprint density at radius 2 is 1.26 bits per heavy atom. The molecule has 23 heavy (non-hydrogen) atoms. The van der Waals surface area contributed by atoms with E-state index >= 15 is 0 Å². The van der Waals surface area contributed by atoms with Gasteiger partial charge in [0.15, 0.2) is 0 Å². The molecule has 0 amide bonds. The van der Waals surface area contributed by atoms with Crippen LogP contribution in [0.1, 0.15) is 49.8 Å². The molecular formula is C12H26Na2O7P2. The van der Waals surface area contributed by atoms with Crippen LogP contribution in [0.5, 0.6) is 0 Å². The number of allylic oxidation sites excluding steroid dienone is 1. The molecular weight excluding hydrogens is 364 g/mol. The first kappa shape index (κ1) is 27.2. The second-order valence-electron chi connectivity index (χ2n) is 7.44. The van der Waals surface area contributed by atoms with E-state index in [1.807, 2.05) is 27.7 Å². The predicted molar refractivity (Wildman–Crippen MR) is 80.8 cm³/mol. The first-order valence-electron chi connectivity index (χ1n) is 6.53. The van der Waals surface area contributed by atoms with E-state index in [1.54, 1.807) is 0 Å². The van der Waals surface area contributed by atoms with Crippen molar-refractivity contribution in [3.05, 3.63) is 11.6 Å². The fourth-order valence-corrected chi connectivity index (χ4v) is 5.49. The SMILES string of the molecule is CC1(C)CC(=CC(O)(P(=O)(O)O)P(=O)(O)O)CC(C)(C)C1.[H-].[H-].[Na+].[Na+]. The zero-order valence-electron chi connectivity index (χ0n) is 16.6. The normalized spacial score (nSPS) is 21.0. The molecule has 0 radical (unpaired) electrons. The Morgan fingerprint density at radius 3 is 1.52 bits per heavy atom. The minimum absolute atomic E-state index is 0. The molecule has 0 heterocycles. The van der Waals surface area contributed by atoms with Crippen molar-refractivity contribution in [2.45, 2.75) is 52.0 Å². The predicted octanol–water partition coefficient (Wildman–Crippen LogP) is -3.62. The van der Waals surface area contributed by atoms with Gasteiger partial charge < -0.3 is 27.5 Å². The minimum atomic E-state index is -5.44. The van der Waals surface area contributed by atoms with Crippen LogP contribution < -0.4 is 59.1 Å². The van der Waals surface area contributed by atoms with Crippen molar-refractivity contribution in [3.63, 3.8) is 0 Å². The third kappa shape index (κ3) is 6.91. The van der Waals surface area contributed by atoms with Gasteiger partial charge in [-0.25, -0.2) is 0 Å². The molecule has 0 aliphatic heterocycles. The number of hydrogen-bond acceptors (Lipinski definition) is 3. The summed E-state index contributed by atoms with van der Waals surface area (Å²) in [6.45, 7) is 7.87. The van der Waals surface area contributed by atoms with Crippen molar-refractivity contribution < 1.29 is 95.8 Å². The van der Waals surface area contributed by atoms with Crippen LogP contribution >= 0.6 is 15.2 Å². The second-order valence-corrected chi connectivity index (χ2v) is 11.3. The summed E-state index contributed by atoms with van der Waals surface area (Å²) >= 11 is 0. The molecule has 0 aromatic heterocycles. The summed E-state index contributed by atoms with van der Waals surface area (Å²) in [4.78, 5) is 36.7. The first-order chi connectivity index (χ1) is 8.99.